The van der Waals surface area contributed by atoms with Crippen LogP contribution in [0, 0.1) is 23.2 Å². The lowest BCUT2D eigenvalue weighted by atomic mass is 9.92. The molecule has 19 heteroatoms. The van der Waals surface area contributed by atoms with E-state index in [2.05, 4.69) is 84.6 Å². The van der Waals surface area contributed by atoms with E-state index in [1.54, 1.807) is 11.0 Å². The van der Waals surface area contributed by atoms with Crippen LogP contribution in [0.4, 0.5) is 17.5 Å². The maximum atomic E-state index is 13.8. The van der Waals surface area contributed by atoms with E-state index in [-0.39, 0.29) is 71.7 Å². The van der Waals surface area contributed by atoms with Crippen molar-refractivity contribution in [3.05, 3.63) is 124 Å². The third-order valence-corrected chi connectivity index (χ3v) is 16.1. The Morgan fingerprint density at radius 3 is 2.42 bits per heavy atom. The summed E-state index contributed by atoms with van der Waals surface area (Å²) >= 11 is 0. The molecule has 3 fully saturated rings. The van der Waals surface area contributed by atoms with Crippen LogP contribution >= 0.6 is 0 Å². The zero-order chi connectivity index (χ0) is 54.5. The van der Waals surface area contributed by atoms with Crippen molar-refractivity contribution < 1.29 is 24.6 Å². The minimum Gasteiger partial charge on any atom is -0.508 e. The van der Waals surface area contributed by atoms with Crippen LogP contribution in [0.1, 0.15) is 80.7 Å². The lowest BCUT2D eigenvalue weighted by Crippen LogP contribution is -2.55. The first-order valence-electron chi connectivity index (χ1n) is 27.4. The summed E-state index contributed by atoms with van der Waals surface area (Å²) in [6, 6.07) is 27.3. The highest BCUT2D eigenvalue weighted by atomic mass is 16.3. The first-order valence-corrected chi connectivity index (χ1v) is 27.4. The normalized spacial score (nSPS) is 17.5. The Hall–Kier alpha value is -8.24. The minimum atomic E-state index is -0.445. The number of piperazine rings is 1. The maximum absolute atomic E-state index is 13.8. The van der Waals surface area contributed by atoms with Crippen molar-refractivity contribution in [2.24, 2.45) is 11.8 Å². The van der Waals surface area contributed by atoms with Crippen LogP contribution in [-0.2, 0) is 33.9 Å². The predicted molar refractivity (Wildman–Crippen MR) is 299 cm³/mol. The predicted octanol–water partition coefficient (Wildman–Crippen LogP) is 6.45. The number of phenols is 2. The van der Waals surface area contributed by atoms with E-state index in [0.29, 0.717) is 81.7 Å². The van der Waals surface area contributed by atoms with Crippen LogP contribution in [0.3, 0.4) is 0 Å². The van der Waals surface area contributed by atoms with Gasteiger partial charge in [-0.25, -0.2) is 19.4 Å². The number of likely N-dealkylation sites (tertiary alicyclic amines) is 2. The van der Waals surface area contributed by atoms with E-state index in [9.17, 15) is 34.7 Å². The van der Waals surface area contributed by atoms with Crippen LogP contribution in [0.5, 0.6) is 11.5 Å². The van der Waals surface area contributed by atoms with Gasteiger partial charge in [-0.2, -0.15) is 15.3 Å². The number of nitrogens with one attached hydrogen (secondary N) is 3. The second-order valence-corrected chi connectivity index (χ2v) is 21.4. The number of hydrogen-bond acceptors (Lipinski definition) is 14. The zero-order valence-electron chi connectivity index (χ0n) is 44.5. The Bertz CT molecular complexity index is 3270. The summed E-state index contributed by atoms with van der Waals surface area (Å²) in [5.41, 5.74) is 5.30. The van der Waals surface area contributed by atoms with Gasteiger partial charge in [0.05, 0.1) is 42.0 Å². The number of aromatic nitrogens is 5. The molecule has 0 spiro atoms. The van der Waals surface area contributed by atoms with Gasteiger partial charge in [-0.3, -0.25) is 19.3 Å². The van der Waals surface area contributed by atoms with Crippen molar-refractivity contribution in [3.63, 3.8) is 0 Å². The smallest absolute Gasteiger partial charge is 0.348 e. The monoisotopic (exact) mass is 1060 g/mol. The average Bonchev–Trinajstić information content (AvgIpc) is 3.92. The van der Waals surface area contributed by atoms with Gasteiger partial charge in [0.2, 0.25) is 23.7 Å². The number of phenolic OH excluding ortho intramolecular Hbond substituents is 2. The van der Waals surface area contributed by atoms with E-state index in [1.165, 1.54) is 27.5 Å². The zero-order valence-corrected chi connectivity index (χ0v) is 44.5. The number of carbonyl (C=O) groups is 3. The highest BCUT2D eigenvalue weighted by molar-refractivity contribution is 5.94. The molecule has 2 aromatic heterocycles. The summed E-state index contributed by atoms with van der Waals surface area (Å²) in [5, 5.41) is 46.3. The molecule has 78 heavy (non-hydrogen) atoms. The highest BCUT2D eigenvalue weighted by Gasteiger charge is 2.35. The maximum Gasteiger partial charge on any atom is 0.348 e. The minimum absolute atomic E-state index is 0.0122. The molecule has 6 heterocycles. The summed E-state index contributed by atoms with van der Waals surface area (Å²) in [4.78, 5) is 73.5. The summed E-state index contributed by atoms with van der Waals surface area (Å²) in [6.45, 7) is 14.9. The fraction of sp³-hybridized carbons (Fsp3) is 0.424. The number of aromatic hydroxyl groups is 2. The van der Waals surface area contributed by atoms with Crippen LogP contribution in [-0.4, -0.2) is 139 Å². The van der Waals surface area contributed by atoms with Gasteiger partial charge in [0.15, 0.2) is 5.82 Å². The van der Waals surface area contributed by atoms with Gasteiger partial charge in [0.25, 0.3) is 0 Å². The van der Waals surface area contributed by atoms with Gasteiger partial charge in [0, 0.05) is 93.9 Å². The fourth-order valence-electron chi connectivity index (χ4n) is 11.7. The Balaban J connectivity index is 0.688. The van der Waals surface area contributed by atoms with E-state index >= 15 is 0 Å². The molecule has 10 rings (SSSR count). The van der Waals surface area contributed by atoms with Crippen molar-refractivity contribution in [1.82, 2.24) is 44.7 Å². The number of nitrogens with zero attached hydrogens (tertiary/aromatic N) is 10. The van der Waals surface area contributed by atoms with Crippen LogP contribution in [0.25, 0.3) is 27.8 Å². The summed E-state index contributed by atoms with van der Waals surface area (Å²) in [6.07, 6.45) is 5.66. The molecule has 1 atom stereocenters. The molecule has 5 N–H and O–H groups in total. The van der Waals surface area contributed by atoms with Crippen molar-refractivity contribution in [3.8, 4) is 34.6 Å². The number of benzene rings is 4. The molecule has 406 valence electrons. The Morgan fingerprint density at radius 1 is 0.897 bits per heavy atom. The second-order valence-electron chi connectivity index (χ2n) is 21.4. The van der Waals surface area contributed by atoms with Gasteiger partial charge >= 0.3 is 5.69 Å². The molecule has 0 aliphatic carbocycles. The summed E-state index contributed by atoms with van der Waals surface area (Å²) < 4.78 is 1.41. The van der Waals surface area contributed by atoms with Crippen molar-refractivity contribution in [2.45, 2.75) is 83.8 Å². The van der Waals surface area contributed by atoms with E-state index < -0.39 is 5.69 Å². The molecule has 3 amide bonds. The number of anilines is 3. The summed E-state index contributed by atoms with van der Waals surface area (Å²) in [7, 11) is 0. The standard InChI is InChI=1S/C59H69N13O6/c1-4-54(76)71-31-30-70(36-44(71)16-23-60)55-46-22-29-69(50-11-7-9-41-8-5-6-10-45(41)50)37-49(46)63-58(64-55)61-24-17-53(75)62-34-39-18-27-68(28-19-39)57(77)42-20-25-67(26-21-42)35-40-12-14-43(15-13-40)72-56(65-66-59(72)78)48-32-47(38(2)3)51(73)33-52(48)74/h4-15,32-33,38-39,42,44,73-74H,1,16-22,24-31,34-37H2,2-3H3,(H,62,75)(H,66,78)(H,61,63,64)/t44-/m1/s1. The molecule has 3 saturated heterocycles. The van der Waals surface area contributed by atoms with Crippen LogP contribution < -0.4 is 26.1 Å². The Morgan fingerprint density at radius 2 is 1.67 bits per heavy atom. The molecule has 4 aromatic carbocycles. The molecule has 0 unspecified atom stereocenters. The number of amides is 3. The molecule has 19 nitrogen and oxygen atoms in total. The number of carbonyl (C=O) groups excluding carboxylic acids is 3. The van der Waals surface area contributed by atoms with E-state index in [1.807, 2.05) is 49.1 Å². The number of hydrogen-bond donors (Lipinski definition) is 5. The number of aromatic amines is 1. The molecular weight excluding hydrogens is 987 g/mol. The quantitative estimate of drug-likeness (QED) is 0.0656. The molecule has 0 saturated carbocycles. The van der Waals surface area contributed by atoms with Gasteiger partial charge < -0.3 is 40.4 Å². The van der Waals surface area contributed by atoms with Gasteiger partial charge in [-0.15, -0.1) is 0 Å². The molecule has 4 aliphatic rings. The fourth-order valence-corrected chi connectivity index (χ4v) is 11.7. The summed E-state index contributed by atoms with van der Waals surface area (Å²) in [5.74, 6) is 1.49. The molecular formula is C59H69N13O6. The first kappa shape index (κ1) is 53.2. The average molecular weight is 1060 g/mol. The number of rotatable bonds is 16. The molecule has 0 radical (unpaired) electrons. The molecule has 0 bridgehead atoms. The lowest BCUT2D eigenvalue weighted by molar-refractivity contribution is -0.138. The highest BCUT2D eigenvalue weighted by Crippen LogP contribution is 2.38. The van der Waals surface area contributed by atoms with Crippen molar-refractivity contribution in [2.75, 3.05) is 80.6 Å². The van der Waals surface area contributed by atoms with Crippen LogP contribution in [0.15, 0.2) is 96.3 Å². The van der Waals surface area contributed by atoms with Gasteiger partial charge in [-0.1, -0.05) is 69.0 Å². The van der Waals surface area contributed by atoms with Gasteiger partial charge in [0.1, 0.15) is 17.3 Å². The number of nitriles is 1. The lowest BCUT2D eigenvalue weighted by Gasteiger charge is -2.42. The number of piperidine rings is 2. The first-order chi connectivity index (χ1) is 37.8. The van der Waals surface area contributed by atoms with Gasteiger partial charge in [-0.05, 0) is 104 Å². The van der Waals surface area contributed by atoms with E-state index in [4.69, 9.17) is 9.97 Å². The topological polar surface area (TPSA) is 232 Å². The third kappa shape index (κ3) is 11.5. The van der Waals surface area contributed by atoms with Crippen LogP contribution in [0.2, 0.25) is 0 Å². The van der Waals surface area contributed by atoms with Crippen molar-refractivity contribution in [1.29, 1.82) is 5.26 Å². The van der Waals surface area contributed by atoms with E-state index in [0.717, 1.165) is 80.1 Å². The molecule has 4 aliphatic heterocycles. The molecule has 6 aromatic rings. The SMILES string of the molecule is C=CC(=O)N1CCN(c2nc(NCCC(=O)NCC3CCN(C(=O)C4CCN(Cc5ccc(-n6c(-c7cc(C(C)C)c(O)cc7O)n[nH]c6=O)cc5)CC4)CC3)nc3c2CCN(c2cccc4ccccc24)C3)C[C@H]1CC#N. The second kappa shape index (κ2) is 23.6. The largest absolute Gasteiger partial charge is 0.508 e. The number of fused-ring (bicyclic) bond motifs is 2. The number of H-pyrrole nitrogens is 1. The Kier molecular flexibility index (Phi) is 16.1. The Labute approximate surface area is 454 Å². The third-order valence-electron chi connectivity index (χ3n) is 16.1. The van der Waals surface area contributed by atoms with Crippen molar-refractivity contribution >= 4 is 45.9 Å².